The molecule has 0 atom stereocenters. The maximum absolute atomic E-state index is 13.2. The Bertz CT molecular complexity index is 1420. The van der Waals surface area contributed by atoms with Crippen LogP contribution >= 0.6 is 11.6 Å². The van der Waals surface area contributed by atoms with Gasteiger partial charge in [0.2, 0.25) is 17.6 Å². The SMILES string of the molecule is COc1ccc(-c2noc(CN3CCC(C(=O)Nc4cc(Cl)ccc4Oc4cccc(OC)c4)CC3)n2)cc1. The van der Waals surface area contributed by atoms with E-state index in [1.165, 1.54) is 0 Å². The Morgan fingerprint density at radius 3 is 2.49 bits per heavy atom. The van der Waals surface area contributed by atoms with E-state index in [-0.39, 0.29) is 11.8 Å². The smallest absolute Gasteiger partial charge is 0.241 e. The van der Waals surface area contributed by atoms with E-state index in [1.807, 2.05) is 42.5 Å². The van der Waals surface area contributed by atoms with E-state index in [9.17, 15) is 4.79 Å². The largest absolute Gasteiger partial charge is 0.497 e. The van der Waals surface area contributed by atoms with Crippen molar-refractivity contribution in [1.29, 1.82) is 0 Å². The zero-order valence-corrected chi connectivity index (χ0v) is 22.5. The van der Waals surface area contributed by atoms with Gasteiger partial charge < -0.3 is 24.1 Å². The molecular weight excluding hydrogens is 520 g/mol. The predicted octanol–water partition coefficient (Wildman–Crippen LogP) is 6.05. The highest BCUT2D eigenvalue weighted by Gasteiger charge is 2.27. The number of nitrogens with zero attached hydrogens (tertiary/aromatic N) is 3. The molecule has 1 aliphatic rings. The first kappa shape index (κ1) is 26.5. The van der Waals surface area contributed by atoms with Crippen LogP contribution in [0, 0.1) is 5.92 Å². The van der Waals surface area contributed by atoms with E-state index in [4.69, 9.17) is 30.3 Å². The summed E-state index contributed by atoms with van der Waals surface area (Å²) in [5.41, 5.74) is 1.38. The van der Waals surface area contributed by atoms with E-state index >= 15 is 0 Å². The molecule has 2 heterocycles. The molecule has 0 aliphatic carbocycles. The normalized spacial score (nSPS) is 14.1. The summed E-state index contributed by atoms with van der Waals surface area (Å²) in [6.07, 6.45) is 1.41. The molecule has 9 nitrogen and oxygen atoms in total. The summed E-state index contributed by atoms with van der Waals surface area (Å²) >= 11 is 6.23. The highest BCUT2D eigenvalue weighted by Crippen LogP contribution is 2.34. The third kappa shape index (κ3) is 6.68. The number of ether oxygens (including phenoxy) is 3. The molecule has 1 amide bonds. The van der Waals surface area contributed by atoms with Crippen molar-refractivity contribution in [3.05, 3.63) is 77.6 Å². The van der Waals surface area contributed by atoms with Gasteiger partial charge in [-0.3, -0.25) is 9.69 Å². The van der Waals surface area contributed by atoms with Crippen LogP contribution < -0.4 is 19.5 Å². The number of piperidine rings is 1. The van der Waals surface area contributed by atoms with Crippen molar-refractivity contribution in [1.82, 2.24) is 15.0 Å². The molecule has 3 aromatic carbocycles. The molecule has 1 aromatic heterocycles. The molecule has 10 heteroatoms. The van der Waals surface area contributed by atoms with Crippen molar-refractivity contribution in [2.75, 3.05) is 32.6 Å². The minimum absolute atomic E-state index is 0.0630. The number of rotatable bonds is 9. The van der Waals surface area contributed by atoms with E-state index in [2.05, 4.69) is 20.4 Å². The first-order valence-corrected chi connectivity index (χ1v) is 13.0. The van der Waals surface area contributed by atoms with Gasteiger partial charge in [-0.05, 0) is 80.5 Å². The number of carbonyl (C=O) groups excluding carboxylic acids is 1. The van der Waals surface area contributed by atoms with Gasteiger partial charge in [-0.2, -0.15) is 4.98 Å². The average molecular weight is 549 g/mol. The molecule has 0 saturated carbocycles. The molecule has 4 aromatic rings. The molecule has 5 rings (SSSR count). The maximum atomic E-state index is 13.2. The van der Waals surface area contributed by atoms with Crippen molar-refractivity contribution in [3.63, 3.8) is 0 Å². The van der Waals surface area contributed by atoms with Gasteiger partial charge in [-0.25, -0.2) is 0 Å². The maximum Gasteiger partial charge on any atom is 0.241 e. The third-order valence-corrected chi connectivity index (χ3v) is 6.84. The van der Waals surface area contributed by atoms with Gasteiger partial charge in [-0.15, -0.1) is 0 Å². The lowest BCUT2D eigenvalue weighted by molar-refractivity contribution is -0.121. The summed E-state index contributed by atoms with van der Waals surface area (Å²) in [5.74, 6) is 3.42. The molecule has 1 fully saturated rings. The second-order valence-electron chi connectivity index (χ2n) is 9.20. The Balaban J connectivity index is 1.16. The van der Waals surface area contributed by atoms with Crippen molar-refractivity contribution in [2.24, 2.45) is 5.92 Å². The van der Waals surface area contributed by atoms with Gasteiger partial charge in [0.25, 0.3) is 0 Å². The van der Waals surface area contributed by atoms with Crippen LogP contribution in [-0.4, -0.2) is 48.3 Å². The van der Waals surface area contributed by atoms with Crippen molar-refractivity contribution in [3.8, 4) is 34.4 Å². The number of halogens is 1. The predicted molar refractivity (Wildman–Crippen MR) is 147 cm³/mol. The van der Waals surface area contributed by atoms with Gasteiger partial charge in [0.1, 0.15) is 17.2 Å². The Hall–Kier alpha value is -4.08. The number of aromatic nitrogens is 2. The van der Waals surface area contributed by atoms with Crippen molar-refractivity contribution in [2.45, 2.75) is 19.4 Å². The zero-order valence-electron chi connectivity index (χ0n) is 21.7. The van der Waals surface area contributed by atoms with Gasteiger partial charge in [-0.1, -0.05) is 22.8 Å². The van der Waals surface area contributed by atoms with E-state index in [0.29, 0.717) is 59.1 Å². The second-order valence-corrected chi connectivity index (χ2v) is 9.64. The summed E-state index contributed by atoms with van der Waals surface area (Å²) in [7, 11) is 3.22. The van der Waals surface area contributed by atoms with Crippen LogP contribution in [0.5, 0.6) is 23.0 Å². The lowest BCUT2D eigenvalue weighted by atomic mass is 9.96. The first-order valence-electron chi connectivity index (χ1n) is 12.6. The fourth-order valence-corrected chi connectivity index (χ4v) is 4.61. The minimum atomic E-state index is -0.137. The van der Waals surface area contributed by atoms with Crippen LogP contribution in [0.3, 0.4) is 0 Å². The molecule has 1 saturated heterocycles. The number of carbonyl (C=O) groups is 1. The fraction of sp³-hybridized carbons (Fsp3) is 0.276. The zero-order chi connectivity index (χ0) is 27.2. The van der Waals surface area contributed by atoms with Gasteiger partial charge in [0, 0.05) is 22.6 Å². The quantitative estimate of drug-likeness (QED) is 0.270. The minimum Gasteiger partial charge on any atom is -0.497 e. The summed E-state index contributed by atoms with van der Waals surface area (Å²) in [6, 6.07) is 19.9. The van der Waals surface area contributed by atoms with Crippen LogP contribution in [0.15, 0.2) is 71.3 Å². The van der Waals surface area contributed by atoms with E-state index in [0.717, 1.165) is 24.4 Å². The topological polar surface area (TPSA) is 99.0 Å². The molecule has 1 aliphatic heterocycles. The number of hydrogen-bond donors (Lipinski definition) is 1. The number of methoxy groups -OCH3 is 2. The number of nitrogens with one attached hydrogen (secondary N) is 1. The highest BCUT2D eigenvalue weighted by atomic mass is 35.5. The monoisotopic (exact) mass is 548 g/mol. The molecular formula is C29H29ClN4O5. The highest BCUT2D eigenvalue weighted by molar-refractivity contribution is 6.31. The number of anilines is 1. The van der Waals surface area contributed by atoms with E-state index in [1.54, 1.807) is 38.5 Å². The summed E-state index contributed by atoms with van der Waals surface area (Å²) in [4.78, 5) is 19.9. The van der Waals surface area contributed by atoms with Gasteiger partial charge in [0.05, 0.1) is 26.5 Å². The molecule has 39 heavy (non-hydrogen) atoms. The average Bonchev–Trinajstić information content (AvgIpc) is 3.43. The lowest BCUT2D eigenvalue weighted by Gasteiger charge is -2.30. The summed E-state index contributed by atoms with van der Waals surface area (Å²) in [6.45, 7) is 2.01. The van der Waals surface area contributed by atoms with Gasteiger partial charge >= 0.3 is 0 Å². The summed E-state index contributed by atoms with van der Waals surface area (Å²) in [5, 5.41) is 7.63. The van der Waals surface area contributed by atoms with Crippen LogP contribution in [0.25, 0.3) is 11.4 Å². The molecule has 0 bridgehead atoms. The third-order valence-electron chi connectivity index (χ3n) is 6.60. The Kier molecular flexibility index (Phi) is 8.29. The first-order chi connectivity index (χ1) is 19.0. The Morgan fingerprint density at radius 1 is 1.00 bits per heavy atom. The number of benzene rings is 3. The summed E-state index contributed by atoms with van der Waals surface area (Å²) < 4.78 is 22.0. The lowest BCUT2D eigenvalue weighted by Crippen LogP contribution is -2.37. The second kappa shape index (κ2) is 12.2. The molecule has 0 radical (unpaired) electrons. The Labute approximate surface area is 231 Å². The van der Waals surface area contributed by atoms with Crippen molar-refractivity contribution >= 4 is 23.2 Å². The fourth-order valence-electron chi connectivity index (χ4n) is 4.44. The number of likely N-dealkylation sites (tertiary alicyclic amines) is 1. The van der Waals surface area contributed by atoms with Gasteiger partial charge in [0.15, 0.2) is 5.75 Å². The van der Waals surface area contributed by atoms with E-state index < -0.39 is 0 Å². The van der Waals surface area contributed by atoms with Crippen LogP contribution in [0.4, 0.5) is 5.69 Å². The van der Waals surface area contributed by atoms with Crippen molar-refractivity contribution < 1.29 is 23.5 Å². The van der Waals surface area contributed by atoms with Crippen LogP contribution in [0.2, 0.25) is 5.02 Å². The number of hydrogen-bond acceptors (Lipinski definition) is 8. The van der Waals surface area contributed by atoms with Crippen LogP contribution in [0.1, 0.15) is 18.7 Å². The molecule has 202 valence electrons. The van der Waals surface area contributed by atoms with Crippen LogP contribution in [-0.2, 0) is 11.3 Å². The Morgan fingerprint density at radius 2 is 1.74 bits per heavy atom. The number of amides is 1. The molecule has 0 unspecified atom stereocenters. The molecule has 0 spiro atoms. The standard InChI is InChI=1S/C29H29ClN4O5/c1-36-22-9-6-19(7-10-22)28-32-27(39-33-28)18-34-14-12-20(13-15-34)29(35)31-25-16-21(30)8-11-26(25)38-24-5-3-4-23(17-24)37-2/h3-11,16-17,20H,12-15,18H2,1-2H3,(H,31,35). The molecule has 1 N–H and O–H groups in total.